The summed E-state index contributed by atoms with van der Waals surface area (Å²) in [6, 6.07) is 9.33. The van der Waals surface area contributed by atoms with Crippen LogP contribution in [0.5, 0.6) is 0 Å². The molecule has 18 heavy (non-hydrogen) atoms. The largest absolute Gasteiger partial charge is 0.382 e. The second-order valence-electron chi connectivity index (χ2n) is 4.54. The molecule has 0 radical (unpaired) electrons. The first-order valence-corrected chi connectivity index (χ1v) is 5.84. The number of benzene rings is 1. The summed E-state index contributed by atoms with van der Waals surface area (Å²) in [6.45, 7) is 0. The van der Waals surface area contributed by atoms with Gasteiger partial charge in [0.05, 0.1) is 11.6 Å². The maximum absolute atomic E-state index is 8.90. The van der Waals surface area contributed by atoms with Crippen molar-refractivity contribution in [3.05, 3.63) is 35.7 Å². The molecule has 0 bridgehead atoms. The number of aromatic nitrogens is 2. The van der Waals surface area contributed by atoms with Crippen LogP contribution >= 0.6 is 0 Å². The van der Waals surface area contributed by atoms with Gasteiger partial charge in [0.1, 0.15) is 11.5 Å². The molecular formula is C13H13N5. The first-order chi connectivity index (χ1) is 8.70. The van der Waals surface area contributed by atoms with Crippen LogP contribution in [-0.4, -0.2) is 9.66 Å². The summed E-state index contributed by atoms with van der Waals surface area (Å²) in [5.74, 6) is 7.64. The highest BCUT2D eigenvalue weighted by atomic mass is 15.4. The van der Waals surface area contributed by atoms with Crippen LogP contribution < -0.4 is 11.6 Å². The third kappa shape index (κ3) is 1.59. The van der Waals surface area contributed by atoms with Crippen molar-refractivity contribution < 1.29 is 0 Å². The highest BCUT2D eigenvalue weighted by Crippen LogP contribution is 2.41. The molecule has 0 amide bonds. The average Bonchev–Trinajstić information content (AvgIpc) is 3.19. The first kappa shape index (κ1) is 10.7. The van der Waals surface area contributed by atoms with Gasteiger partial charge in [0.2, 0.25) is 0 Å². The van der Waals surface area contributed by atoms with Crippen LogP contribution in [0, 0.1) is 11.3 Å². The fraction of sp³-hybridized carbons (Fsp3) is 0.231. The standard InChI is InChI=1S/C13H13N5/c14-7-8-2-1-3-10(6-8)11-12(15)18(16)13(17-11)9-4-5-9/h1-3,6,9H,4-5,15-16H2. The molecule has 0 unspecified atom stereocenters. The molecule has 2 aromatic rings. The molecule has 1 heterocycles. The smallest absolute Gasteiger partial charge is 0.150 e. The summed E-state index contributed by atoms with van der Waals surface area (Å²) in [4.78, 5) is 4.52. The highest BCUT2D eigenvalue weighted by Gasteiger charge is 2.30. The minimum atomic E-state index is 0.435. The molecule has 1 aliphatic carbocycles. The maximum Gasteiger partial charge on any atom is 0.150 e. The van der Waals surface area contributed by atoms with E-state index in [1.54, 1.807) is 12.1 Å². The number of hydrogen-bond donors (Lipinski definition) is 2. The van der Waals surface area contributed by atoms with E-state index in [0.717, 1.165) is 24.2 Å². The van der Waals surface area contributed by atoms with Crippen LogP contribution in [0.2, 0.25) is 0 Å². The van der Waals surface area contributed by atoms with Gasteiger partial charge in [0.15, 0.2) is 5.82 Å². The van der Waals surface area contributed by atoms with Crippen molar-refractivity contribution in [1.82, 2.24) is 9.66 Å². The Labute approximate surface area is 105 Å². The molecule has 0 spiro atoms. The monoisotopic (exact) mass is 239 g/mol. The average molecular weight is 239 g/mol. The van der Waals surface area contributed by atoms with Crippen LogP contribution in [0.25, 0.3) is 11.3 Å². The van der Waals surface area contributed by atoms with Crippen LogP contribution in [0.1, 0.15) is 30.1 Å². The Bertz CT molecular complexity index is 646. The molecule has 1 aromatic carbocycles. The zero-order chi connectivity index (χ0) is 12.7. The lowest BCUT2D eigenvalue weighted by Crippen LogP contribution is -2.14. The summed E-state index contributed by atoms with van der Waals surface area (Å²) < 4.78 is 1.46. The van der Waals surface area contributed by atoms with Crippen molar-refractivity contribution in [2.45, 2.75) is 18.8 Å². The second kappa shape index (κ2) is 3.77. The van der Waals surface area contributed by atoms with Gasteiger partial charge in [-0.15, -0.1) is 0 Å². The number of nitriles is 1. The van der Waals surface area contributed by atoms with Gasteiger partial charge in [-0.3, -0.25) is 0 Å². The van der Waals surface area contributed by atoms with Gasteiger partial charge < -0.3 is 11.6 Å². The van der Waals surface area contributed by atoms with E-state index in [1.165, 1.54) is 4.68 Å². The van der Waals surface area contributed by atoms with Crippen molar-refractivity contribution >= 4 is 5.82 Å². The number of rotatable bonds is 2. The van der Waals surface area contributed by atoms with E-state index < -0.39 is 0 Å². The summed E-state index contributed by atoms with van der Waals surface area (Å²) in [7, 11) is 0. The van der Waals surface area contributed by atoms with E-state index in [1.807, 2.05) is 12.1 Å². The molecule has 1 aliphatic rings. The van der Waals surface area contributed by atoms with Crippen molar-refractivity contribution in [3.63, 3.8) is 0 Å². The van der Waals surface area contributed by atoms with Gasteiger partial charge in [0.25, 0.3) is 0 Å². The van der Waals surface area contributed by atoms with Crippen molar-refractivity contribution in [1.29, 1.82) is 5.26 Å². The summed E-state index contributed by atoms with van der Waals surface area (Å²) >= 11 is 0. The minimum absolute atomic E-state index is 0.435. The van der Waals surface area contributed by atoms with E-state index in [9.17, 15) is 0 Å². The lowest BCUT2D eigenvalue weighted by molar-refractivity contribution is 0.855. The van der Waals surface area contributed by atoms with E-state index in [-0.39, 0.29) is 0 Å². The molecule has 1 fully saturated rings. The minimum Gasteiger partial charge on any atom is -0.382 e. The normalized spacial score (nSPS) is 14.4. The lowest BCUT2D eigenvalue weighted by Gasteiger charge is -2.01. The fourth-order valence-corrected chi connectivity index (χ4v) is 2.04. The van der Waals surface area contributed by atoms with E-state index in [0.29, 0.717) is 23.0 Å². The number of anilines is 1. The van der Waals surface area contributed by atoms with E-state index in [2.05, 4.69) is 11.1 Å². The Kier molecular flexibility index (Phi) is 2.23. The SMILES string of the molecule is N#Cc1cccc(-c2nc(C3CC3)n(N)c2N)c1. The predicted molar refractivity (Wildman–Crippen MR) is 68.9 cm³/mol. The van der Waals surface area contributed by atoms with Crippen molar-refractivity contribution in [3.8, 4) is 17.3 Å². The van der Waals surface area contributed by atoms with Gasteiger partial charge in [0, 0.05) is 11.5 Å². The quantitative estimate of drug-likeness (QED) is 0.778. The summed E-state index contributed by atoms with van der Waals surface area (Å²) in [5, 5.41) is 8.90. The van der Waals surface area contributed by atoms with Crippen molar-refractivity contribution in [2.75, 3.05) is 11.6 Å². The van der Waals surface area contributed by atoms with Gasteiger partial charge in [-0.05, 0) is 25.0 Å². The number of hydrogen-bond acceptors (Lipinski definition) is 4. The number of nitrogen functional groups attached to an aromatic ring is 2. The molecule has 90 valence electrons. The molecule has 0 aliphatic heterocycles. The Hall–Kier alpha value is -2.48. The van der Waals surface area contributed by atoms with Gasteiger partial charge in [-0.25, -0.2) is 9.66 Å². The van der Waals surface area contributed by atoms with Gasteiger partial charge >= 0.3 is 0 Å². The van der Waals surface area contributed by atoms with E-state index >= 15 is 0 Å². The van der Waals surface area contributed by atoms with Gasteiger partial charge in [-0.1, -0.05) is 12.1 Å². The summed E-state index contributed by atoms with van der Waals surface area (Å²) in [5.41, 5.74) is 8.07. The molecular weight excluding hydrogens is 226 g/mol. The Balaban J connectivity index is 2.11. The Morgan fingerprint density at radius 3 is 2.83 bits per heavy atom. The molecule has 5 nitrogen and oxygen atoms in total. The lowest BCUT2D eigenvalue weighted by atomic mass is 10.1. The topological polar surface area (TPSA) is 93.6 Å². The third-order valence-electron chi connectivity index (χ3n) is 3.18. The molecule has 3 rings (SSSR count). The number of nitrogens with two attached hydrogens (primary N) is 2. The molecule has 0 atom stereocenters. The molecule has 1 aromatic heterocycles. The number of imidazole rings is 1. The molecule has 5 heteroatoms. The van der Waals surface area contributed by atoms with Crippen molar-refractivity contribution in [2.24, 2.45) is 0 Å². The Morgan fingerprint density at radius 1 is 1.39 bits per heavy atom. The van der Waals surface area contributed by atoms with Crippen LogP contribution in [0.3, 0.4) is 0 Å². The predicted octanol–water partition coefficient (Wildman–Crippen LogP) is 1.60. The third-order valence-corrected chi connectivity index (χ3v) is 3.18. The van der Waals surface area contributed by atoms with E-state index in [4.69, 9.17) is 16.8 Å². The van der Waals surface area contributed by atoms with Crippen LogP contribution in [0.4, 0.5) is 5.82 Å². The first-order valence-electron chi connectivity index (χ1n) is 5.84. The zero-order valence-corrected chi connectivity index (χ0v) is 9.80. The van der Waals surface area contributed by atoms with Gasteiger partial charge in [-0.2, -0.15) is 5.26 Å². The molecule has 4 N–H and O–H groups in total. The molecule has 0 saturated heterocycles. The number of nitrogens with zero attached hydrogens (tertiary/aromatic N) is 3. The highest BCUT2D eigenvalue weighted by molar-refractivity contribution is 5.72. The maximum atomic E-state index is 8.90. The zero-order valence-electron chi connectivity index (χ0n) is 9.80. The summed E-state index contributed by atoms with van der Waals surface area (Å²) in [6.07, 6.45) is 2.23. The fourth-order valence-electron chi connectivity index (χ4n) is 2.04. The Morgan fingerprint density at radius 2 is 2.17 bits per heavy atom. The second-order valence-corrected chi connectivity index (χ2v) is 4.54. The van der Waals surface area contributed by atoms with Crippen LogP contribution in [-0.2, 0) is 0 Å². The van der Waals surface area contributed by atoms with Crippen LogP contribution in [0.15, 0.2) is 24.3 Å². The molecule has 1 saturated carbocycles.